The molecule has 0 aliphatic heterocycles. The van der Waals surface area contributed by atoms with Gasteiger partial charge in [0, 0.05) is 26.1 Å². The zero-order chi connectivity index (χ0) is 24.2. The van der Waals surface area contributed by atoms with Crippen LogP contribution in [0.15, 0.2) is 48.5 Å². The van der Waals surface area contributed by atoms with E-state index in [-0.39, 0.29) is 24.2 Å². The maximum atomic E-state index is 13.0. The predicted octanol–water partition coefficient (Wildman–Crippen LogP) is 4.10. The molecule has 2 aromatic rings. The van der Waals surface area contributed by atoms with Gasteiger partial charge in [0.2, 0.25) is 0 Å². The molecule has 2 N–H and O–H groups in total. The Kier molecular flexibility index (Phi) is 10.6. The SMILES string of the molecule is CCOC(Cc1ccc(OCCN(CC(C)C)C(=O)NCc2ccc(F)cc2)cc1)C(=O)O. The molecule has 0 saturated carbocycles. The average Bonchev–Trinajstić information content (AvgIpc) is 2.78. The molecule has 180 valence electrons. The Hall–Kier alpha value is -3.13. The van der Waals surface area contributed by atoms with Gasteiger partial charge in [-0.2, -0.15) is 0 Å². The second kappa shape index (κ2) is 13.4. The van der Waals surface area contributed by atoms with E-state index in [1.807, 2.05) is 26.0 Å². The molecule has 7 nitrogen and oxygen atoms in total. The topological polar surface area (TPSA) is 88.1 Å². The minimum Gasteiger partial charge on any atom is -0.492 e. The van der Waals surface area contributed by atoms with Crippen LogP contribution in [0.25, 0.3) is 0 Å². The monoisotopic (exact) mass is 460 g/mol. The van der Waals surface area contributed by atoms with E-state index in [1.54, 1.807) is 36.1 Å². The van der Waals surface area contributed by atoms with E-state index in [4.69, 9.17) is 9.47 Å². The second-order valence-corrected chi connectivity index (χ2v) is 8.10. The molecule has 0 radical (unpaired) electrons. The van der Waals surface area contributed by atoms with Gasteiger partial charge in [-0.15, -0.1) is 0 Å². The van der Waals surface area contributed by atoms with E-state index >= 15 is 0 Å². The first-order chi connectivity index (χ1) is 15.8. The minimum absolute atomic E-state index is 0.206. The summed E-state index contributed by atoms with van der Waals surface area (Å²) in [7, 11) is 0. The van der Waals surface area contributed by atoms with Gasteiger partial charge in [0.05, 0.1) is 6.54 Å². The first-order valence-corrected chi connectivity index (χ1v) is 11.1. The molecule has 0 aromatic heterocycles. The number of amides is 2. The van der Waals surface area contributed by atoms with Crippen molar-refractivity contribution < 1.29 is 28.6 Å². The Labute approximate surface area is 194 Å². The van der Waals surface area contributed by atoms with Crippen LogP contribution in [-0.2, 0) is 22.5 Å². The van der Waals surface area contributed by atoms with Gasteiger partial charge in [0.15, 0.2) is 6.10 Å². The second-order valence-electron chi connectivity index (χ2n) is 8.10. The van der Waals surface area contributed by atoms with E-state index in [0.717, 1.165) is 11.1 Å². The lowest BCUT2D eigenvalue weighted by molar-refractivity contribution is -0.149. The Bertz CT molecular complexity index is 871. The molecular weight excluding hydrogens is 427 g/mol. The summed E-state index contributed by atoms with van der Waals surface area (Å²) < 4.78 is 24.1. The van der Waals surface area contributed by atoms with Crippen molar-refractivity contribution in [1.82, 2.24) is 10.2 Å². The van der Waals surface area contributed by atoms with Crippen LogP contribution < -0.4 is 10.1 Å². The van der Waals surface area contributed by atoms with Crippen molar-refractivity contribution in [1.29, 1.82) is 0 Å². The number of carboxylic acid groups (broad SMARTS) is 1. The number of rotatable bonds is 13. The van der Waals surface area contributed by atoms with Gasteiger partial charge >= 0.3 is 12.0 Å². The van der Waals surface area contributed by atoms with Crippen molar-refractivity contribution >= 4 is 12.0 Å². The van der Waals surface area contributed by atoms with Gasteiger partial charge < -0.3 is 24.8 Å². The smallest absolute Gasteiger partial charge is 0.333 e. The third-order valence-corrected chi connectivity index (χ3v) is 4.85. The van der Waals surface area contributed by atoms with Crippen molar-refractivity contribution in [3.8, 4) is 5.75 Å². The fraction of sp³-hybridized carbons (Fsp3) is 0.440. The van der Waals surface area contributed by atoms with Crippen molar-refractivity contribution in [2.24, 2.45) is 5.92 Å². The Morgan fingerprint density at radius 2 is 1.70 bits per heavy atom. The average molecular weight is 461 g/mol. The summed E-state index contributed by atoms with van der Waals surface area (Å²) in [6, 6.07) is 13.0. The molecule has 1 atom stereocenters. The van der Waals surface area contributed by atoms with E-state index in [9.17, 15) is 19.1 Å². The number of aliphatic carboxylic acids is 1. The summed E-state index contributed by atoms with van der Waals surface area (Å²) in [4.78, 5) is 25.6. The Morgan fingerprint density at radius 3 is 2.27 bits per heavy atom. The van der Waals surface area contributed by atoms with Gasteiger partial charge in [-0.3, -0.25) is 0 Å². The fourth-order valence-electron chi connectivity index (χ4n) is 3.24. The standard InChI is InChI=1S/C25H33FN2O5/c1-4-32-23(24(29)30)15-19-7-11-22(12-8-19)33-14-13-28(17-18(2)3)25(31)27-16-20-5-9-21(26)10-6-20/h5-12,18,23H,4,13-17H2,1-3H3,(H,27,31)(H,29,30). The number of nitrogens with one attached hydrogen (secondary N) is 1. The molecule has 0 aliphatic rings. The van der Waals surface area contributed by atoms with Gasteiger partial charge in [0.25, 0.3) is 0 Å². The van der Waals surface area contributed by atoms with Crippen LogP contribution in [0.4, 0.5) is 9.18 Å². The summed E-state index contributed by atoms with van der Waals surface area (Å²) in [5, 5.41) is 12.1. The zero-order valence-electron chi connectivity index (χ0n) is 19.4. The first kappa shape index (κ1) is 26.1. The lowest BCUT2D eigenvalue weighted by Crippen LogP contribution is -2.43. The lowest BCUT2D eigenvalue weighted by Gasteiger charge is -2.25. The predicted molar refractivity (Wildman–Crippen MR) is 124 cm³/mol. The van der Waals surface area contributed by atoms with Crippen molar-refractivity contribution in [3.05, 3.63) is 65.5 Å². The van der Waals surface area contributed by atoms with Crippen LogP contribution in [0.1, 0.15) is 31.9 Å². The number of hydrogen-bond acceptors (Lipinski definition) is 4. The van der Waals surface area contributed by atoms with Gasteiger partial charge in [-0.1, -0.05) is 38.1 Å². The Balaban J connectivity index is 1.85. The van der Waals surface area contributed by atoms with Crippen LogP contribution in [0, 0.1) is 11.7 Å². The van der Waals surface area contributed by atoms with Crippen LogP contribution in [0.3, 0.4) is 0 Å². The van der Waals surface area contributed by atoms with E-state index in [0.29, 0.717) is 38.6 Å². The van der Waals surface area contributed by atoms with Gasteiger partial charge in [-0.05, 0) is 48.2 Å². The summed E-state index contributed by atoms with van der Waals surface area (Å²) in [5.41, 5.74) is 1.66. The van der Waals surface area contributed by atoms with Gasteiger partial charge in [-0.25, -0.2) is 14.0 Å². The van der Waals surface area contributed by atoms with Crippen LogP contribution in [0.5, 0.6) is 5.75 Å². The molecule has 0 saturated heterocycles. The number of urea groups is 1. The third-order valence-electron chi connectivity index (χ3n) is 4.85. The largest absolute Gasteiger partial charge is 0.492 e. The highest BCUT2D eigenvalue weighted by atomic mass is 19.1. The quantitative estimate of drug-likeness (QED) is 0.470. The normalized spacial score (nSPS) is 11.8. The lowest BCUT2D eigenvalue weighted by atomic mass is 10.1. The van der Waals surface area contributed by atoms with Gasteiger partial charge in [0.1, 0.15) is 18.2 Å². The maximum Gasteiger partial charge on any atom is 0.333 e. The summed E-state index contributed by atoms with van der Waals surface area (Å²) in [6.45, 7) is 7.77. The van der Waals surface area contributed by atoms with Crippen molar-refractivity contribution in [3.63, 3.8) is 0 Å². The Morgan fingerprint density at radius 1 is 1.06 bits per heavy atom. The number of carbonyl (C=O) groups is 2. The van der Waals surface area contributed by atoms with Crippen LogP contribution in [-0.4, -0.2) is 54.4 Å². The van der Waals surface area contributed by atoms with Crippen molar-refractivity contribution in [2.75, 3.05) is 26.3 Å². The van der Waals surface area contributed by atoms with E-state index in [1.165, 1.54) is 12.1 Å². The number of benzene rings is 2. The number of carbonyl (C=O) groups excluding carboxylic acids is 1. The molecule has 0 aliphatic carbocycles. The molecular formula is C25H33FN2O5. The summed E-state index contributed by atoms with van der Waals surface area (Å²) in [5.74, 6) is -0.376. The van der Waals surface area contributed by atoms with Crippen molar-refractivity contribution in [2.45, 2.75) is 39.8 Å². The van der Waals surface area contributed by atoms with E-state index < -0.39 is 12.1 Å². The number of hydrogen-bond donors (Lipinski definition) is 2. The molecule has 0 heterocycles. The molecule has 0 fully saturated rings. The first-order valence-electron chi connectivity index (χ1n) is 11.1. The molecule has 2 amide bonds. The highest BCUT2D eigenvalue weighted by Gasteiger charge is 2.18. The number of ether oxygens (including phenoxy) is 2. The molecule has 2 rings (SSSR count). The molecule has 2 aromatic carbocycles. The number of halogens is 1. The number of carboxylic acids is 1. The maximum absolute atomic E-state index is 13.0. The zero-order valence-corrected chi connectivity index (χ0v) is 19.4. The van der Waals surface area contributed by atoms with Crippen LogP contribution >= 0.6 is 0 Å². The molecule has 0 bridgehead atoms. The molecule has 8 heteroatoms. The molecule has 33 heavy (non-hydrogen) atoms. The molecule has 0 spiro atoms. The minimum atomic E-state index is -0.986. The molecule has 1 unspecified atom stereocenters. The summed E-state index contributed by atoms with van der Waals surface area (Å²) in [6.07, 6.45) is -0.598. The van der Waals surface area contributed by atoms with Crippen LogP contribution in [0.2, 0.25) is 0 Å². The highest BCUT2D eigenvalue weighted by molar-refractivity contribution is 5.74. The third kappa shape index (κ3) is 9.49. The number of nitrogens with zero attached hydrogens (tertiary/aromatic N) is 1. The fourth-order valence-corrected chi connectivity index (χ4v) is 3.24. The summed E-state index contributed by atoms with van der Waals surface area (Å²) >= 11 is 0. The van der Waals surface area contributed by atoms with E-state index in [2.05, 4.69) is 5.32 Å². The highest BCUT2D eigenvalue weighted by Crippen LogP contribution is 2.15.